The summed E-state index contributed by atoms with van der Waals surface area (Å²) in [7, 11) is 0. The molecule has 0 atom stereocenters. The van der Waals surface area contributed by atoms with Crippen LogP contribution in [0.25, 0.3) is 0 Å². The van der Waals surface area contributed by atoms with Gasteiger partial charge in [0.15, 0.2) is 5.71 Å². The summed E-state index contributed by atoms with van der Waals surface area (Å²) in [6.07, 6.45) is 13.4. The maximum Gasteiger partial charge on any atom is 0.276 e. The topological polar surface area (TPSA) is 73.7 Å². The Kier molecular flexibility index (Phi) is 7.93. The summed E-state index contributed by atoms with van der Waals surface area (Å²) in [5.74, 6) is -0.0382. The number of rotatable bonds is 8. The van der Waals surface area contributed by atoms with Crippen molar-refractivity contribution in [2.24, 2.45) is 11.0 Å². The molecule has 5 nitrogen and oxygen atoms in total. The van der Waals surface area contributed by atoms with Crippen LogP contribution in [-0.2, 0) is 4.79 Å². The van der Waals surface area contributed by atoms with Crippen LogP contribution in [0.3, 0.4) is 0 Å². The van der Waals surface area contributed by atoms with E-state index < -0.39 is 0 Å². The van der Waals surface area contributed by atoms with Crippen molar-refractivity contribution in [1.82, 2.24) is 10.7 Å². The van der Waals surface area contributed by atoms with Crippen molar-refractivity contribution in [2.75, 3.05) is 0 Å². The molecular weight excluding hydrogens is 314 g/mol. The number of nitrogens with one attached hydrogen (secondary N) is 2. The van der Waals surface area contributed by atoms with Gasteiger partial charge in [-0.1, -0.05) is 57.4 Å². The number of nitrogens with zero attached hydrogens (tertiary/aromatic N) is 1. The summed E-state index contributed by atoms with van der Waals surface area (Å²) in [5, 5.41) is 16.9. The highest BCUT2D eigenvalue weighted by atomic mass is 16.3. The average molecular weight is 339 g/mol. The molecule has 0 aromatic heterocycles. The second-order valence-electron chi connectivity index (χ2n) is 5.56. The molecule has 0 saturated carbocycles. The highest BCUT2D eigenvalue weighted by Crippen LogP contribution is 2.17. The number of allylic oxidation sites excluding steroid dienone is 8. The minimum Gasteiger partial charge on any atom is -0.506 e. The zero-order valence-electron chi connectivity index (χ0n) is 14.9. The average Bonchev–Trinajstić information content (AvgIpc) is 2.85. The van der Waals surface area contributed by atoms with E-state index >= 15 is 0 Å². The quantitative estimate of drug-likeness (QED) is 0.358. The van der Waals surface area contributed by atoms with Crippen LogP contribution in [0.5, 0.6) is 0 Å². The Morgan fingerprint density at radius 1 is 1.24 bits per heavy atom. The number of carbonyl (C=O) groups is 1. The van der Waals surface area contributed by atoms with Crippen LogP contribution in [0, 0.1) is 5.92 Å². The van der Waals surface area contributed by atoms with Gasteiger partial charge in [-0.3, -0.25) is 10.2 Å². The molecule has 1 heterocycles. The molecule has 0 saturated heterocycles. The van der Waals surface area contributed by atoms with Crippen LogP contribution in [-0.4, -0.2) is 16.7 Å². The first kappa shape index (κ1) is 20.0. The normalized spacial score (nSPS) is 17.9. The van der Waals surface area contributed by atoms with Crippen LogP contribution in [0.4, 0.5) is 0 Å². The number of amides is 1. The van der Waals surface area contributed by atoms with Crippen LogP contribution in [0.2, 0.25) is 0 Å². The molecule has 0 bridgehead atoms. The first-order valence-electron chi connectivity index (χ1n) is 7.99. The molecule has 0 unspecified atom stereocenters. The number of hydrogen-bond acceptors (Lipinski definition) is 4. The molecule has 1 amide bonds. The Hall–Kier alpha value is -3.08. The molecule has 0 fully saturated rings. The van der Waals surface area contributed by atoms with E-state index in [1.165, 1.54) is 18.2 Å². The molecule has 0 radical (unpaired) electrons. The number of aliphatic hydroxyl groups excluding tert-OH is 1. The van der Waals surface area contributed by atoms with Gasteiger partial charge in [0.2, 0.25) is 0 Å². The third-order valence-electron chi connectivity index (χ3n) is 3.11. The standard InChI is InChI=1S/C20H25N3O2/c1-6-9-16-15(13-12-14(4)5)19(20(25)21-16)23-22-17(10-7-2)18(24)11-8-3/h6-14,22,24H,2-3H2,1,4-5H3,(H,21,23,25)/b9-6-,13-12-,17-10+,18-11+. The van der Waals surface area contributed by atoms with Crippen LogP contribution < -0.4 is 10.7 Å². The van der Waals surface area contributed by atoms with Crippen molar-refractivity contribution >= 4 is 11.6 Å². The van der Waals surface area contributed by atoms with E-state index in [-0.39, 0.29) is 17.4 Å². The molecule has 1 rings (SSSR count). The number of carbonyl (C=O) groups excluding carboxylic acids is 1. The monoisotopic (exact) mass is 339 g/mol. The first-order valence-corrected chi connectivity index (χ1v) is 7.99. The van der Waals surface area contributed by atoms with Crippen molar-refractivity contribution in [3.8, 4) is 0 Å². The van der Waals surface area contributed by atoms with Crippen LogP contribution >= 0.6 is 0 Å². The SMILES string of the molecule is C=C/C=C(O)\C(=C/C=C)N/N=C1\C(=O)NC(/C=C\C)=C1/C=C\C(C)C. The maximum absolute atomic E-state index is 12.3. The predicted octanol–water partition coefficient (Wildman–Crippen LogP) is 3.80. The maximum atomic E-state index is 12.3. The second kappa shape index (κ2) is 9.93. The van der Waals surface area contributed by atoms with Gasteiger partial charge in [0.25, 0.3) is 5.91 Å². The second-order valence-corrected chi connectivity index (χ2v) is 5.56. The van der Waals surface area contributed by atoms with Gasteiger partial charge in [-0.2, -0.15) is 5.10 Å². The van der Waals surface area contributed by atoms with Gasteiger partial charge < -0.3 is 10.4 Å². The van der Waals surface area contributed by atoms with Gasteiger partial charge >= 0.3 is 0 Å². The van der Waals surface area contributed by atoms with Crippen LogP contribution in [0.15, 0.2) is 89.6 Å². The summed E-state index contributed by atoms with van der Waals surface area (Å²) in [6.45, 7) is 13.1. The van der Waals surface area contributed by atoms with E-state index in [0.717, 1.165) is 0 Å². The fourth-order valence-electron chi connectivity index (χ4n) is 1.98. The highest BCUT2D eigenvalue weighted by Gasteiger charge is 2.26. The number of aliphatic hydroxyl groups is 1. The molecule has 3 N–H and O–H groups in total. The minimum absolute atomic E-state index is 0.0606. The smallest absolute Gasteiger partial charge is 0.276 e. The lowest BCUT2D eigenvalue weighted by molar-refractivity contribution is -0.113. The lowest BCUT2D eigenvalue weighted by Crippen LogP contribution is -2.24. The summed E-state index contributed by atoms with van der Waals surface area (Å²) >= 11 is 0. The Balaban J connectivity index is 3.26. The fraction of sp³-hybridized carbons (Fsp3) is 0.200. The van der Waals surface area contributed by atoms with E-state index in [1.807, 2.05) is 31.2 Å². The first-order chi connectivity index (χ1) is 11.9. The van der Waals surface area contributed by atoms with Crippen LogP contribution in [0.1, 0.15) is 20.8 Å². The Bertz CT molecular complexity index is 717. The highest BCUT2D eigenvalue weighted by molar-refractivity contribution is 6.49. The predicted molar refractivity (Wildman–Crippen MR) is 104 cm³/mol. The molecule has 0 spiro atoms. The van der Waals surface area contributed by atoms with Crippen molar-refractivity contribution < 1.29 is 9.90 Å². The van der Waals surface area contributed by atoms with E-state index in [2.05, 4.69) is 42.8 Å². The summed E-state index contributed by atoms with van der Waals surface area (Å²) in [4.78, 5) is 12.3. The van der Waals surface area contributed by atoms with Gasteiger partial charge in [0, 0.05) is 5.57 Å². The third-order valence-corrected chi connectivity index (χ3v) is 3.11. The van der Waals surface area contributed by atoms with E-state index in [4.69, 9.17) is 0 Å². The largest absolute Gasteiger partial charge is 0.506 e. The fourth-order valence-corrected chi connectivity index (χ4v) is 1.98. The summed E-state index contributed by atoms with van der Waals surface area (Å²) in [5.41, 5.74) is 4.64. The number of hydrogen-bond donors (Lipinski definition) is 3. The molecule has 1 aliphatic heterocycles. The zero-order valence-corrected chi connectivity index (χ0v) is 14.9. The molecule has 0 aromatic carbocycles. The Morgan fingerprint density at radius 3 is 2.48 bits per heavy atom. The molecule has 132 valence electrons. The van der Waals surface area contributed by atoms with E-state index in [9.17, 15) is 9.90 Å². The van der Waals surface area contributed by atoms with Gasteiger partial charge in [0.1, 0.15) is 5.76 Å². The van der Waals surface area contributed by atoms with Crippen molar-refractivity contribution in [3.63, 3.8) is 0 Å². The summed E-state index contributed by atoms with van der Waals surface area (Å²) < 4.78 is 0. The van der Waals surface area contributed by atoms with Gasteiger partial charge in [-0.25, -0.2) is 0 Å². The third kappa shape index (κ3) is 5.80. The molecular formula is C20H25N3O2. The Labute approximate surface area is 149 Å². The van der Waals surface area contributed by atoms with Crippen molar-refractivity contribution in [1.29, 1.82) is 0 Å². The minimum atomic E-state index is -0.311. The molecule has 1 aliphatic rings. The lowest BCUT2D eigenvalue weighted by Gasteiger charge is -2.06. The van der Waals surface area contributed by atoms with Crippen molar-refractivity contribution in [2.45, 2.75) is 20.8 Å². The van der Waals surface area contributed by atoms with E-state index in [1.54, 1.807) is 6.08 Å². The van der Waals surface area contributed by atoms with Crippen molar-refractivity contribution in [3.05, 3.63) is 84.5 Å². The molecule has 5 heteroatoms. The molecule has 0 aromatic rings. The van der Waals surface area contributed by atoms with Gasteiger partial charge in [0.05, 0.1) is 11.4 Å². The van der Waals surface area contributed by atoms with Gasteiger partial charge in [-0.05, 0) is 31.1 Å². The Morgan fingerprint density at radius 2 is 1.92 bits per heavy atom. The number of hydrazone groups is 1. The van der Waals surface area contributed by atoms with Gasteiger partial charge in [-0.15, -0.1) is 0 Å². The summed E-state index contributed by atoms with van der Waals surface area (Å²) in [6, 6.07) is 0. The molecule has 25 heavy (non-hydrogen) atoms. The van der Waals surface area contributed by atoms with E-state index in [0.29, 0.717) is 22.9 Å². The lowest BCUT2D eigenvalue weighted by atomic mass is 10.1. The zero-order chi connectivity index (χ0) is 18.8. The molecule has 0 aliphatic carbocycles.